The zero-order chi connectivity index (χ0) is 19.9. The van der Waals surface area contributed by atoms with E-state index in [1.54, 1.807) is 29.2 Å². The Kier molecular flexibility index (Phi) is 6.54. The molecule has 0 atom stereocenters. The van der Waals surface area contributed by atoms with E-state index in [1.807, 2.05) is 18.2 Å². The first-order valence-electron chi connectivity index (χ1n) is 9.04. The van der Waals surface area contributed by atoms with Gasteiger partial charge in [-0.15, -0.1) is 0 Å². The molecule has 2 aromatic rings. The molecule has 1 fully saturated rings. The van der Waals surface area contributed by atoms with Crippen LogP contribution in [0.4, 0.5) is 14.5 Å². The maximum atomic E-state index is 12.5. The largest absolute Gasteiger partial charge is 0.433 e. The number of nitrogens with zero attached hydrogens (tertiary/aromatic N) is 1. The van der Waals surface area contributed by atoms with E-state index in [1.165, 1.54) is 12.1 Å². The van der Waals surface area contributed by atoms with Crippen molar-refractivity contribution in [3.8, 4) is 5.75 Å². The van der Waals surface area contributed by atoms with Gasteiger partial charge in [0.1, 0.15) is 5.75 Å². The van der Waals surface area contributed by atoms with Crippen LogP contribution < -0.4 is 15.0 Å². The molecule has 0 radical (unpaired) electrons. The van der Waals surface area contributed by atoms with Gasteiger partial charge in [-0.3, -0.25) is 9.59 Å². The lowest BCUT2D eigenvalue weighted by Crippen LogP contribution is -3.15. The van der Waals surface area contributed by atoms with Crippen LogP contribution in [-0.2, 0) is 4.79 Å². The SMILES string of the molecule is O=C(C[NH+]1CCN(C(=O)c2ccccc2)CC1)Nc1ccccc1OC(F)F. The number of carbonyl (C=O) groups is 2. The number of amides is 2. The summed E-state index contributed by atoms with van der Waals surface area (Å²) in [7, 11) is 0. The maximum Gasteiger partial charge on any atom is 0.387 e. The fraction of sp³-hybridized carbons (Fsp3) is 0.300. The van der Waals surface area contributed by atoms with Gasteiger partial charge in [0.25, 0.3) is 11.8 Å². The molecule has 1 aliphatic rings. The maximum absolute atomic E-state index is 12.5. The van der Waals surface area contributed by atoms with E-state index < -0.39 is 6.61 Å². The molecular formula is C20H22F2N3O3+. The topological polar surface area (TPSA) is 63.1 Å². The van der Waals surface area contributed by atoms with Crippen LogP contribution in [-0.4, -0.2) is 56.0 Å². The number of quaternary nitrogens is 1. The normalized spacial score (nSPS) is 14.8. The van der Waals surface area contributed by atoms with Gasteiger partial charge in [-0.2, -0.15) is 8.78 Å². The van der Waals surface area contributed by atoms with Gasteiger partial charge in [0, 0.05) is 5.56 Å². The van der Waals surface area contributed by atoms with Crippen molar-refractivity contribution < 1.29 is 28.0 Å². The standard InChI is InChI=1S/C20H21F2N3O3/c21-20(22)28-17-9-5-4-8-16(17)23-18(26)14-24-10-12-25(13-11-24)19(27)15-6-2-1-3-7-15/h1-9,20H,10-14H2,(H,23,26)/p+1. The molecule has 0 aliphatic carbocycles. The van der Waals surface area contributed by atoms with E-state index in [0.717, 1.165) is 4.90 Å². The monoisotopic (exact) mass is 390 g/mol. The summed E-state index contributed by atoms with van der Waals surface area (Å²) >= 11 is 0. The predicted octanol–water partition coefficient (Wildman–Crippen LogP) is 1.27. The van der Waals surface area contributed by atoms with Gasteiger partial charge in [-0.1, -0.05) is 30.3 Å². The third-order valence-corrected chi connectivity index (χ3v) is 4.57. The number of piperazine rings is 1. The number of ether oxygens (including phenoxy) is 1. The molecule has 0 bridgehead atoms. The quantitative estimate of drug-likeness (QED) is 0.781. The highest BCUT2D eigenvalue weighted by Gasteiger charge is 2.26. The van der Waals surface area contributed by atoms with Crippen LogP contribution in [0.1, 0.15) is 10.4 Å². The molecule has 0 spiro atoms. The number of hydrogen-bond acceptors (Lipinski definition) is 3. The van der Waals surface area contributed by atoms with Crippen molar-refractivity contribution in [1.29, 1.82) is 0 Å². The number of hydrogen-bond donors (Lipinski definition) is 2. The first-order valence-corrected chi connectivity index (χ1v) is 9.04. The molecule has 1 saturated heterocycles. The van der Waals surface area contributed by atoms with Gasteiger partial charge in [0.15, 0.2) is 6.54 Å². The molecule has 1 heterocycles. The van der Waals surface area contributed by atoms with Crippen LogP contribution in [0.3, 0.4) is 0 Å². The van der Waals surface area contributed by atoms with Crippen molar-refractivity contribution in [3.63, 3.8) is 0 Å². The fourth-order valence-electron chi connectivity index (χ4n) is 3.16. The molecule has 0 aromatic heterocycles. The van der Waals surface area contributed by atoms with Crippen LogP contribution in [0, 0.1) is 0 Å². The smallest absolute Gasteiger partial charge is 0.387 e. The summed E-state index contributed by atoms with van der Waals surface area (Å²) in [5.74, 6) is -0.371. The van der Waals surface area contributed by atoms with Gasteiger partial charge in [0.05, 0.1) is 31.9 Å². The molecular weight excluding hydrogens is 368 g/mol. The first-order chi connectivity index (χ1) is 13.5. The Morgan fingerprint density at radius 2 is 1.68 bits per heavy atom. The van der Waals surface area contributed by atoms with Crippen LogP contribution in [0.5, 0.6) is 5.75 Å². The number of nitrogens with one attached hydrogen (secondary N) is 2. The molecule has 1 aliphatic heterocycles. The lowest BCUT2D eigenvalue weighted by molar-refractivity contribution is -0.895. The lowest BCUT2D eigenvalue weighted by atomic mass is 10.2. The second-order valence-corrected chi connectivity index (χ2v) is 6.51. The average Bonchev–Trinajstić information content (AvgIpc) is 2.70. The summed E-state index contributed by atoms with van der Waals surface area (Å²) in [4.78, 5) is 27.6. The molecule has 2 N–H and O–H groups in total. The molecule has 8 heteroatoms. The predicted molar refractivity (Wildman–Crippen MR) is 99.6 cm³/mol. The molecule has 3 rings (SSSR count). The fourth-order valence-corrected chi connectivity index (χ4v) is 3.16. The zero-order valence-electron chi connectivity index (χ0n) is 15.2. The van der Waals surface area contributed by atoms with Crippen molar-refractivity contribution in [2.45, 2.75) is 6.61 Å². The molecule has 2 aromatic carbocycles. The Hall–Kier alpha value is -3.00. The minimum absolute atomic E-state index is 0.0119. The van der Waals surface area contributed by atoms with Crippen molar-refractivity contribution in [2.24, 2.45) is 0 Å². The Morgan fingerprint density at radius 3 is 2.36 bits per heavy atom. The van der Waals surface area contributed by atoms with Crippen molar-refractivity contribution in [2.75, 3.05) is 38.0 Å². The average molecular weight is 390 g/mol. The highest BCUT2D eigenvalue weighted by molar-refractivity contribution is 5.94. The molecule has 6 nitrogen and oxygen atoms in total. The number of para-hydroxylation sites is 2. The van der Waals surface area contributed by atoms with E-state index >= 15 is 0 Å². The van der Waals surface area contributed by atoms with E-state index in [2.05, 4.69) is 10.1 Å². The van der Waals surface area contributed by atoms with Crippen LogP contribution >= 0.6 is 0 Å². The Bertz CT molecular complexity index is 809. The van der Waals surface area contributed by atoms with Gasteiger partial charge in [0.2, 0.25) is 0 Å². The third kappa shape index (κ3) is 5.26. The zero-order valence-corrected chi connectivity index (χ0v) is 15.2. The van der Waals surface area contributed by atoms with Gasteiger partial charge in [-0.05, 0) is 24.3 Å². The summed E-state index contributed by atoms with van der Waals surface area (Å²) in [6, 6.07) is 15.2. The van der Waals surface area contributed by atoms with Gasteiger partial charge < -0.3 is 19.9 Å². The van der Waals surface area contributed by atoms with E-state index in [9.17, 15) is 18.4 Å². The highest BCUT2D eigenvalue weighted by Crippen LogP contribution is 2.25. The van der Waals surface area contributed by atoms with Crippen molar-refractivity contribution in [3.05, 3.63) is 60.2 Å². The minimum atomic E-state index is -2.96. The second kappa shape index (κ2) is 9.27. The van der Waals surface area contributed by atoms with Gasteiger partial charge >= 0.3 is 6.61 Å². The van der Waals surface area contributed by atoms with Crippen LogP contribution in [0.25, 0.3) is 0 Å². The number of alkyl halides is 2. The van der Waals surface area contributed by atoms with E-state index in [4.69, 9.17) is 0 Å². The van der Waals surface area contributed by atoms with Gasteiger partial charge in [-0.25, -0.2) is 0 Å². The number of carbonyl (C=O) groups excluding carboxylic acids is 2. The number of anilines is 1. The van der Waals surface area contributed by atoms with Crippen molar-refractivity contribution in [1.82, 2.24) is 4.90 Å². The molecule has 2 amide bonds. The van der Waals surface area contributed by atoms with Crippen LogP contribution in [0.2, 0.25) is 0 Å². The number of benzene rings is 2. The van der Waals surface area contributed by atoms with E-state index in [-0.39, 0.29) is 29.8 Å². The highest BCUT2D eigenvalue weighted by atomic mass is 19.3. The molecule has 148 valence electrons. The Morgan fingerprint density at radius 1 is 1.04 bits per heavy atom. The van der Waals surface area contributed by atoms with Crippen LogP contribution in [0.15, 0.2) is 54.6 Å². The molecule has 0 unspecified atom stereocenters. The summed E-state index contributed by atoms with van der Waals surface area (Å²) in [6.07, 6.45) is 0. The number of halogens is 2. The summed E-state index contributed by atoms with van der Waals surface area (Å²) in [5, 5.41) is 2.62. The Balaban J connectivity index is 1.50. The third-order valence-electron chi connectivity index (χ3n) is 4.57. The first kappa shape index (κ1) is 19.8. The molecule has 0 saturated carbocycles. The lowest BCUT2D eigenvalue weighted by Gasteiger charge is -2.32. The molecule has 28 heavy (non-hydrogen) atoms. The van der Waals surface area contributed by atoms with E-state index in [0.29, 0.717) is 31.7 Å². The summed E-state index contributed by atoms with van der Waals surface area (Å²) < 4.78 is 29.3. The summed E-state index contributed by atoms with van der Waals surface area (Å²) in [5.41, 5.74) is 0.865. The second-order valence-electron chi connectivity index (χ2n) is 6.51. The minimum Gasteiger partial charge on any atom is -0.433 e. The summed E-state index contributed by atoms with van der Waals surface area (Å²) in [6.45, 7) is -0.374. The Labute approximate surface area is 161 Å². The van der Waals surface area contributed by atoms with Crippen molar-refractivity contribution >= 4 is 17.5 Å². The number of rotatable bonds is 6.